The summed E-state index contributed by atoms with van der Waals surface area (Å²) in [5.74, 6) is 0. The van der Waals surface area contributed by atoms with E-state index in [9.17, 15) is 8.42 Å². The Balaban J connectivity index is 2.28. The van der Waals surface area contributed by atoms with E-state index in [1.54, 1.807) is 6.07 Å². The second kappa shape index (κ2) is 4.08. The standard InChI is InChI=1S/C10H14BrNO2S2/c1-7-8(6-9(11)15-7)16(13,14)12-10(2)4-3-5-10/h6,12H,3-5H2,1-2H3. The molecule has 0 amide bonds. The second-order valence-corrected chi connectivity index (χ2v) is 8.78. The van der Waals surface area contributed by atoms with E-state index in [0.29, 0.717) is 4.90 Å². The van der Waals surface area contributed by atoms with Gasteiger partial charge in [0.2, 0.25) is 10.0 Å². The monoisotopic (exact) mass is 323 g/mol. The van der Waals surface area contributed by atoms with Crippen LogP contribution in [0.5, 0.6) is 0 Å². The van der Waals surface area contributed by atoms with Gasteiger partial charge >= 0.3 is 0 Å². The summed E-state index contributed by atoms with van der Waals surface area (Å²) < 4.78 is 27.9. The maximum atomic E-state index is 12.1. The van der Waals surface area contributed by atoms with Gasteiger partial charge in [-0.15, -0.1) is 11.3 Å². The van der Waals surface area contributed by atoms with Crippen molar-refractivity contribution in [1.29, 1.82) is 0 Å². The molecule has 1 aromatic rings. The number of hydrogen-bond acceptors (Lipinski definition) is 3. The largest absolute Gasteiger partial charge is 0.242 e. The average Bonchev–Trinajstić information content (AvgIpc) is 2.42. The first-order chi connectivity index (χ1) is 7.32. The van der Waals surface area contributed by atoms with Crippen LogP contribution in [0.3, 0.4) is 0 Å². The third-order valence-corrected chi connectivity index (χ3v) is 6.42. The van der Waals surface area contributed by atoms with Crippen LogP contribution >= 0.6 is 27.3 Å². The molecule has 0 bridgehead atoms. The summed E-state index contributed by atoms with van der Waals surface area (Å²) >= 11 is 4.76. The van der Waals surface area contributed by atoms with Crippen molar-refractivity contribution in [3.63, 3.8) is 0 Å². The van der Waals surface area contributed by atoms with Crippen molar-refractivity contribution in [2.45, 2.75) is 43.5 Å². The summed E-state index contributed by atoms with van der Waals surface area (Å²) in [4.78, 5) is 1.22. The Morgan fingerprint density at radius 1 is 1.50 bits per heavy atom. The summed E-state index contributed by atoms with van der Waals surface area (Å²) in [6.07, 6.45) is 2.96. The van der Waals surface area contributed by atoms with Crippen LogP contribution in [0.4, 0.5) is 0 Å². The van der Waals surface area contributed by atoms with Crippen molar-refractivity contribution in [3.05, 3.63) is 14.7 Å². The Hall–Kier alpha value is 0.0900. The molecule has 6 heteroatoms. The van der Waals surface area contributed by atoms with Crippen molar-refractivity contribution in [3.8, 4) is 0 Å². The zero-order valence-corrected chi connectivity index (χ0v) is 12.4. The number of rotatable bonds is 3. The molecule has 0 spiro atoms. The van der Waals surface area contributed by atoms with Crippen LogP contribution in [0.2, 0.25) is 0 Å². The first kappa shape index (κ1) is 12.5. The molecule has 1 fully saturated rings. The molecular weight excluding hydrogens is 310 g/mol. The van der Waals surface area contributed by atoms with E-state index in [1.807, 2.05) is 13.8 Å². The van der Waals surface area contributed by atoms with Crippen LogP contribution < -0.4 is 4.72 Å². The molecule has 2 rings (SSSR count). The molecule has 1 aromatic heterocycles. The van der Waals surface area contributed by atoms with E-state index < -0.39 is 10.0 Å². The Morgan fingerprint density at radius 2 is 2.12 bits per heavy atom. The third kappa shape index (κ3) is 2.34. The molecule has 1 N–H and O–H groups in total. The van der Waals surface area contributed by atoms with Crippen LogP contribution in [0, 0.1) is 6.92 Å². The summed E-state index contributed by atoms with van der Waals surface area (Å²) in [7, 11) is -3.36. The van der Waals surface area contributed by atoms with Crippen LogP contribution in [0.25, 0.3) is 0 Å². The lowest BCUT2D eigenvalue weighted by molar-refractivity contribution is 0.248. The highest BCUT2D eigenvalue weighted by Crippen LogP contribution is 2.35. The predicted octanol–water partition coefficient (Wildman–Crippen LogP) is 3.04. The number of halogens is 1. The van der Waals surface area contributed by atoms with Gasteiger partial charge in [-0.1, -0.05) is 0 Å². The van der Waals surface area contributed by atoms with Gasteiger partial charge in [0.1, 0.15) is 0 Å². The van der Waals surface area contributed by atoms with Crippen molar-refractivity contribution in [1.82, 2.24) is 4.72 Å². The maximum absolute atomic E-state index is 12.1. The maximum Gasteiger partial charge on any atom is 0.242 e. The molecule has 1 aliphatic rings. The Labute approximate surface area is 108 Å². The van der Waals surface area contributed by atoms with Gasteiger partial charge in [0, 0.05) is 10.4 Å². The van der Waals surface area contributed by atoms with Crippen molar-refractivity contribution in [2.24, 2.45) is 0 Å². The predicted molar refractivity (Wildman–Crippen MR) is 69.3 cm³/mol. The van der Waals surface area contributed by atoms with Gasteiger partial charge in [0.15, 0.2) is 0 Å². The number of sulfonamides is 1. The van der Waals surface area contributed by atoms with Gasteiger partial charge in [0.25, 0.3) is 0 Å². The Morgan fingerprint density at radius 3 is 2.50 bits per heavy atom. The topological polar surface area (TPSA) is 46.2 Å². The molecule has 16 heavy (non-hydrogen) atoms. The summed E-state index contributed by atoms with van der Waals surface area (Å²) in [6, 6.07) is 1.67. The lowest BCUT2D eigenvalue weighted by Gasteiger charge is -2.38. The van der Waals surface area contributed by atoms with E-state index >= 15 is 0 Å². The quantitative estimate of drug-likeness (QED) is 0.929. The van der Waals surface area contributed by atoms with E-state index in [0.717, 1.165) is 27.9 Å². The number of thiophene rings is 1. The molecule has 1 saturated carbocycles. The lowest BCUT2D eigenvalue weighted by atomic mass is 9.80. The van der Waals surface area contributed by atoms with Crippen LogP contribution in [-0.2, 0) is 10.0 Å². The van der Waals surface area contributed by atoms with Crippen molar-refractivity contribution >= 4 is 37.3 Å². The third-order valence-electron chi connectivity index (χ3n) is 2.97. The Kier molecular flexibility index (Phi) is 3.20. The van der Waals surface area contributed by atoms with Gasteiger partial charge in [-0.05, 0) is 55.1 Å². The molecule has 0 aromatic carbocycles. The second-order valence-electron chi connectivity index (χ2n) is 4.49. The fourth-order valence-corrected chi connectivity index (χ4v) is 5.77. The first-order valence-electron chi connectivity index (χ1n) is 5.12. The Bertz CT molecular complexity index is 503. The van der Waals surface area contributed by atoms with E-state index in [2.05, 4.69) is 20.7 Å². The zero-order chi connectivity index (χ0) is 12.0. The highest BCUT2D eigenvalue weighted by Gasteiger charge is 2.36. The number of aryl methyl sites for hydroxylation is 1. The molecule has 3 nitrogen and oxygen atoms in total. The molecule has 1 aliphatic carbocycles. The summed E-state index contributed by atoms with van der Waals surface area (Å²) in [5, 5.41) is 0. The van der Waals surface area contributed by atoms with Gasteiger partial charge in [-0.25, -0.2) is 13.1 Å². The van der Waals surface area contributed by atoms with E-state index in [-0.39, 0.29) is 5.54 Å². The molecular formula is C10H14BrNO2S2. The minimum absolute atomic E-state index is 0.236. The average molecular weight is 324 g/mol. The summed E-state index contributed by atoms with van der Waals surface area (Å²) in [6.45, 7) is 3.79. The van der Waals surface area contributed by atoms with Crippen LogP contribution in [-0.4, -0.2) is 14.0 Å². The molecule has 0 saturated heterocycles. The van der Waals surface area contributed by atoms with Crippen molar-refractivity contribution < 1.29 is 8.42 Å². The number of hydrogen-bond donors (Lipinski definition) is 1. The minimum atomic E-state index is -3.36. The SMILES string of the molecule is Cc1sc(Br)cc1S(=O)(=O)NC1(C)CCC1. The van der Waals surface area contributed by atoms with Gasteiger partial charge in [-0.3, -0.25) is 0 Å². The highest BCUT2D eigenvalue weighted by atomic mass is 79.9. The fourth-order valence-electron chi connectivity index (χ4n) is 1.89. The molecule has 1 heterocycles. The van der Waals surface area contributed by atoms with E-state index in [1.165, 1.54) is 11.3 Å². The number of nitrogens with one attached hydrogen (secondary N) is 1. The lowest BCUT2D eigenvalue weighted by Crippen LogP contribution is -2.50. The normalized spacial score (nSPS) is 19.4. The molecule has 0 aliphatic heterocycles. The zero-order valence-electron chi connectivity index (χ0n) is 9.21. The highest BCUT2D eigenvalue weighted by molar-refractivity contribution is 9.11. The minimum Gasteiger partial charge on any atom is -0.207 e. The van der Waals surface area contributed by atoms with Gasteiger partial charge in [0.05, 0.1) is 8.68 Å². The van der Waals surface area contributed by atoms with Gasteiger partial charge in [-0.2, -0.15) is 0 Å². The van der Waals surface area contributed by atoms with E-state index in [4.69, 9.17) is 0 Å². The molecule has 0 radical (unpaired) electrons. The summed E-state index contributed by atoms with van der Waals surface area (Å²) in [5.41, 5.74) is -0.236. The van der Waals surface area contributed by atoms with Crippen molar-refractivity contribution in [2.75, 3.05) is 0 Å². The van der Waals surface area contributed by atoms with Gasteiger partial charge < -0.3 is 0 Å². The van der Waals surface area contributed by atoms with Crippen LogP contribution in [0.1, 0.15) is 31.1 Å². The fraction of sp³-hybridized carbons (Fsp3) is 0.600. The molecule has 0 atom stereocenters. The molecule has 90 valence electrons. The smallest absolute Gasteiger partial charge is 0.207 e. The van der Waals surface area contributed by atoms with Crippen LogP contribution in [0.15, 0.2) is 14.7 Å². The first-order valence-corrected chi connectivity index (χ1v) is 8.22. The molecule has 0 unspecified atom stereocenters.